The van der Waals surface area contributed by atoms with Crippen LogP contribution in [0.25, 0.3) is 11.0 Å². The van der Waals surface area contributed by atoms with Crippen LogP contribution in [0.3, 0.4) is 0 Å². The first-order valence-corrected chi connectivity index (χ1v) is 10.9. The number of amidine groups is 1. The van der Waals surface area contributed by atoms with E-state index in [2.05, 4.69) is 14.7 Å². The number of sulfonamides is 1. The molecule has 0 saturated heterocycles. The Bertz CT molecular complexity index is 1650. The number of aromatic carboxylic acids is 1. The molecule has 3 N–H and O–H groups in total. The maximum absolute atomic E-state index is 13.5. The number of furan rings is 1. The summed E-state index contributed by atoms with van der Waals surface area (Å²) in [5.74, 6) is -2.27. The summed E-state index contributed by atoms with van der Waals surface area (Å²) in [5.41, 5.74) is -0.876. The van der Waals surface area contributed by atoms with Crippen LogP contribution in [0.2, 0.25) is 0 Å². The number of pyridine rings is 2. The van der Waals surface area contributed by atoms with Crippen LogP contribution in [-0.4, -0.2) is 40.0 Å². The van der Waals surface area contributed by atoms with Gasteiger partial charge in [-0.15, -0.1) is 4.40 Å². The summed E-state index contributed by atoms with van der Waals surface area (Å²) < 4.78 is 35.5. The summed E-state index contributed by atoms with van der Waals surface area (Å²) in [7, 11) is -4.14. The molecule has 4 aromatic rings. The zero-order valence-electron chi connectivity index (χ0n) is 16.6. The number of nitrogens with zero attached hydrogens (tertiary/aromatic N) is 3. The Hall–Kier alpha value is -4.45. The highest BCUT2D eigenvalue weighted by Gasteiger charge is 2.30. The van der Waals surface area contributed by atoms with E-state index in [1.54, 1.807) is 12.1 Å². The first-order valence-electron chi connectivity index (χ1n) is 9.50. The Balaban J connectivity index is 1.73. The second kappa shape index (κ2) is 7.31. The number of aromatic nitrogens is 2. The van der Waals surface area contributed by atoms with Crippen molar-refractivity contribution in [2.75, 3.05) is 5.32 Å². The third-order valence-corrected chi connectivity index (χ3v) is 6.38. The molecule has 4 heterocycles. The van der Waals surface area contributed by atoms with E-state index in [1.165, 1.54) is 42.6 Å². The van der Waals surface area contributed by atoms with Crippen molar-refractivity contribution in [1.29, 1.82) is 0 Å². The third-order valence-electron chi connectivity index (χ3n) is 5.05. The number of hydrogen-bond acceptors (Lipinski definition) is 8. The lowest BCUT2D eigenvalue weighted by molar-refractivity contribution is 0.0660. The molecule has 1 aliphatic rings. The van der Waals surface area contributed by atoms with Gasteiger partial charge in [-0.3, -0.25) is 9.36 Å². The van der Waals surface area contributed by atoms with Crippen LogP contribution in [0.4, 0.5) is 5.69 Å². The minimum absolute atomic E-state index is 0.0622. The molecule has 0 bridgehead atoms. The van der Waals surface area contributed by atoms with Crippen molar-refractivity contribution in [2.24, 2.45) is 4.40 Å². The minimum Gasteiger partial charge on any atom is -0.506 e. The molecular formula is C21H14N4O7S. The fourth-order valence-corrected chi connectivity index (χ4v) is 4.70. The largest absolute Gasteiger partial charge is 0.506 e. The first kappa shape index (κ1) is 20.5. The minimum atomic E-state index is -4.14. The normalized spacial score (nSPS) is 14.4. The number of carboxylic acids is 1. The van der Waals surface area contributed by atoms with Crippen LogP contribution in [0.1, 0.15) is 21.9 Å². The van der Waals surface area contributed by atoms with Crippen LogP contribution in [0.5, 0.6) is 5.75 Å². The molecule has 0 unspecified atom stereocenters. The molecule has 0 amide bonds. The van der Waals surface area contributed by atoms with Crippen LogP contribution in [0.15, 0.2) is 73.2 Å². The first-order chi connectivity index (χ1) is 15.8. The van der Waals surface area contributed by atoms with Gasteiger partial charge in [-0.25, -0.2) is 9.78 Å². The van der Waals surface area contributed by atoms with Crippen molar-refractivity contribution in [2.45, 2.75) is 11.4 Å². The van der Waals surface area contributed by atoms with Gasteiger partial charge in [0.1, 0.15) is 27.6 Å². The Morgan fingerprint density at radius 1 is 1.12 bits per heavy atom. The number of nitrogens with one attached hydrogen (secondary N) is 1. The van der Waals surface area contributed by atoms with Gasteiger partial charge in [-0.05, 0) is 36.4 Å². The van der Waals surface area contributed by atoms with Gasteiger partial charge in [0.15, 0.2) is 5.84 Å². The molecule has 0 saturated carbocycles. The van der Waals surface area contributed by atoms with E-state index in [0.717, 1.165) is 4.57 Å². The molecule has 1 aromatic carbocycles. The monoisotopic (exact) mass is 466 g/mol. The fourth-order valence-electron chi connectivity index (χ4n) is 3.58. The number of fused-ring (bicyclic) bond motifs is 2. The lowest BCUT2D eigenvalue weighted by Crippen LogP contribution is -2.33. The highest BCUT2D eigenvalue weighted by atomic mass is 32.2. The molecule has 0 atom stereocenters. The highest BCUT2D eigenvalue weighted by Crippen LogP contribution is 2.31. The number of benzene rings is 1. The second-order valence-electron chi connectivity index (χ2n) is 7.10. The molecule has 0 aliphatic carbocycles. The van der Waals surface area contributed by atoms with Gasteiger partial charge in [-0.2, -0.15) is 8.42 Å². The molecule has 12 heteroatoms. The molecule has 3 aromatic heterocycles. The van der Waals surface area contributed by atoms with Crippen LogP contribution in [0, 0.1) is 0 Å². The maximum Gasteiger partial charge on any atom is 0.371 e. The van der Waals surface area contributed by atoms with E-state index >= 15 is 0 Å². The van der Waals surface area contributed by atoms with E-state index in [-0.39, 0.29) is 51.1 Å². The van der Waals surface area contributed by atoms with Gasteiger partial charge in [0.2, 0.25) is 5.76 Å². The Kier molecular flexibility index (Phi) is 4.53. The molecule has 1 aliphatic heterocycles. The summed E-state index contributed by atoms with van der Waals surface area (Å²) in [6.07, 6.45) is 1.42. The molecule has 0 fully saturated rings. The zero-order chi connectivity index (χ0) is 23.3. The summed E-state index contributed by atoms with van der Waals surface area (Å²) in [4.78, 5) is 28.7. The van der Waals surface area contributed by atoms with Gasteiger partial charge in [0.25, 0.3) is 15.6 Å². The van der Waals surface area contributed by atoms with Gasteiger partial charge >= 0.3 is 5.97 Å². The Morgan fingerprint density at radius 2 is 1.91 bits per heavy atom. The molecule has 0 spiro atoms. The predicted octanol–water partition coefficient (Wildman–Crippen LogP) is 2.00. The Labute approximate surface area is 185 Å². The van der Waals surface area contributed by atoms with E-state index in [9.17, 15) is 23.1 Å². The highest BCUT2D eigenvalue weighted by molar-refractivity contribution is 7.90. The topological polar surface area (TPSA) is 164 Å². The van der Waals surface area contributed by atoms with Crippen LogP contribution < -0.4 is 10.9 Å². The second-order valence-corrected chi connectivity index (χ2v) is 8.67. The van der Waals surface area contributed by atoms with Gasteiger partial charge in [-0.1, -0.05) is 12.1 Å². The lowest BCUT2D eigenvalue weighted by Gasteiger charge is -2.20. The number of aromatic hydroxyl groups is 1. The van der Waals surface area contributed by atoms with Gasteiger partial charge < -0.3 is 19.9 Å². The number of rotatable bonds is 4. The molecular weight excluding hydrogens is 452 g/mol. The van der Waals surface area contributed by atoms with E-state index in [0.29, 0.717) is 0 Å². The average molecular weight is 466 g/mol. The molecule has 0 radical (unpaired) electrons. The lowest BCUT2D eigenvalue weighted by atomic mass is 10.1. The van der Waals surface area contributed by atoms with Crippen LogP contribution >= 0.6 is 0 Å². The van der Waals surface area contributed by atoms with Crippen molar-refractivity contribution in [1.82, 2.24) is 9.55 Å². The molecule has 33 heavy (non-hydrogen) atoms. The van der Waals surface area contributed by atoms with Crippen molar-refractivity contribution < 1.29 is 27.8 Å². The number of carboxylic acid groups (broad SMARTS) is 1. The SMILES string of the molecule is O=C(O)c1ccc(Cn2c(=O)c(C3=NS(=O)(=O)c4ccccc4N3)c(O)c3cccnc32)o1. The average Bonchev–Trinajstić information content (AvgIpc) is 3.26. The molecule has 5 rings (SSSR count). The number of hydrogen-bond donors (Lipinski definition) is 3. The summed E-state index contributed by atoms with van der Waals surface area (Å²) in [5, 5.41) is 22.9. The number of carbonyl (C=O) groups is 1. The van der Waals surface area contributed by atoms with Crippen LogP contribution in [-0.2, 0) is 16.6 Å². The van der Waals surface area contributed by atoms with Crippen molar-refractivity contribution in [3.8, 4) is 5.75 Å². The van der Waals surface area contributed by atoms with Crippen molar-refractivity contribution in [3.05, 3.63) is 82.2 Å². The van der Waals surface area contributed by atoms with E-state index in [4.69, 9.17) is 9.52 Å². The summed E-state index contributed by atoms with van der Waals surface area (Å²) in [6, 6.07) is 11.7. The van der Waals surface area contributed by atoms with Crippen molar-refractivity contribution >= 4 is 38.5 Å². The third kappa shape index (κ3) is 3.32. The summed E-state index contributed by atoms with van der Waals surface area (Å²) >= 11 is 0. The molecule has 11 nitrogen and oxygen atoms in total. The Morgan fingerprint density at radius 3 is 2.67 bits per heavy atom. The zero-order valence-corrected chi connectivity index (χ0v) is 17.4. The van der Waals surface area contributed by atoms with Gasteiger partial charge in [0.05, 0.1) is 17.6 Å². The standard InChI is InChI=1S/C21H14N4O7S/c26-17-12-4-3-9-22-19(12)25(10-11-7-8-14(32-11)21(28)29)20(27)16(17)18-23-13-5-1-2-6-15(13)33(30,31)24-18/h1-9,26H,10H2,(H,23,24)(H,28,29). The fraction of sp³-hybridized carbons (Fsp3) is 0.0476. The van der Waals surface area contributed by atoms with Crippen molar-refractivity contribution in [3.63, 3.8) is 0 Å². The quantitative estimate of drug-likeness (QED) is 0.408. The maximum atomic E-state index is 13.5. The van der Waals surface area contributed by atoms with E-state index in [1.807, 2.05) is 0 Å². The summed E-state index contributed by atoms with van der Waals surface area (Å²) in [6.45, 7) is -0.219. The predicted molar refractivity (Wildman–Crippen MR) is 116 cm³/mol. The van der Waals surface area contributed by atoms with Gasteiger partial charge in [0, 0.05) is 6.20 Å². The smallest absolute Gasteiger partial charge is 0.371 e. The van der Waals surface area contributed by atoms with E-state index < -0.39 is 27.3 Å². The number of anilines is 1. The molecule has 166 valence electrons. The number of para-hydroxylation sites is 1.